The summed E-state index contributed by atoms with van der Waals surface area (Å²) in [4.78, 5) is 17.1. The van der Waals surface area contributed by atoms with Gasteiger partial charge in [0, 0.05) is 45.1 Å². The number of aliphatic hydroxyl groups is 1. The monoisotopic (exact) mass is 383 g/mol. The molecule has 0 aliphatic carbocycles. The van der Waals surface area contributed by atoms with E-state index in [0.717, 1.165) is 0 Å². The first-order valence-corrected chi connectivity index (χ1v) is 9.28. The molecular formula is C20H22FN5O2. The van der Waals surface area contributed by atoms with Crippen LogP contribution in [0.15, 0.2) is 55.0 Å². The van der Waals surface area contributed by atoms with Gasteiger partial charge in [-0.3, -0.25) is 9.69 Å². The number of hydrogen-bond donors (Lipinski definition) is 1. The Morgan fingerprint density at radius 2 is 1.79 bits per heavy atom. The van der Waals surface area contributed by atoms with Crippen LogP contribution >= 0.6 is 0 Å². The summed E-state index contributed by atoms with van der Waals surface area (Å²) in [6, 6.07) is 10.1. The van der Waals surface area contributed by atoms with E-state index in [1.807, 2.05) is 24.5 Å². The minimum Gasteiger partial charge on any atom is -0.395 e. The number of benzene rings is 1. The summed E-state index contributed by atoms with van der Waals surface area (Å²) in [6.45, 7) is 3.31. The van der Waals surface area contributed by atoms with Gasteiger partial charge in [0.05, 0.1) is 12.8 Å². The first-order chi connectivity index (χ1) is 13.7. The number of carbonyl (C=O) groups is 1. The van der Waals surface area contributed by atoms with Crippen molar-refractivity contribution in [3.8, 4) is 11.5 Å². The third-order valence-corrected chi connectivity index (χ3v) is 4.98. The molecule has 4 rings (SSSR count). The van der Waals surface area contributed by atoms with Crippen LogP contribution in [0, 0.1) is 5.82 Å². The molecule has 8 heteroatoms. The number of rotatable bonds is 5. The second kappa shape index (κ2) is 7.95. The fourth-order valence-corrected chi connectivity index (χ4v) is 3.50. The van der Waals surface area contributed by atoms with Crippen molar-refractivity contribution in [2.45, 2.75) is 0 Å². The van der Waals surface area contributed by atoms with Gasteiger partial charge in [-0.1, -0.05) is 12.1 Å². The van der Waals surface area contributed by atoms with E-state index in [4.69, 9.17) is 5.11 Å². The molecular weight excluding hydrogens is 361 g/mol. The summed E-state index contributed by atoms with van der Waals surface area (Å²) in [5.74, 6) is -0.0246. The van der Waals surface area contributed by atoms with Crippen molar-refractivity contribution in [2.24, 2.45) is 0 Å². The molecule has 0 atom stereocenters. The normalized spacial score (nSPS) is 15.1. The van der Waals surface area contributed by atoms with Crippen molar-refractivity contribution in [3.63, 3.8) is 0 Å². The second-order valence-electron chi connectivity index (χ2n) is 6.69. The van der Waals surface area contributed by atoms with Gasteiger partial charge in [-0.15, -0.1) is 0 Å². The van der Waals surface area contributed by atoms with E-state index in [-0.39, 0.29) is 18.2 Å². The fraction of sp³-hybridized carbons (Fsp3) is 0.300. The number of carbonyl (C=O) groups excluding carboxylic acids is 1. The molecule has 1 aliphatic heterocycles. The molecule has 2 aromatic heterocycles. The van der Waals surface area contributed by atoms with Crippen molar-refractivity contribution in [2.75, 3.05) is 39.3 Å². The Labute approximate surface area is 162 Å². The Balaban J connectivity index is 1.68. The zero-order valence-corrected chi connectivity index (χ0v) is 15.4. The average molecular weight is 383 g/mol. The SMILES string of the molecule is O=C(c1cnn(-c2ccccc2F)c1-n1cccc1)N1CCN(CCO)CC1. The number of β-amino-alcohol motifs (C(OH)–C–C–N with tert-alkyl or cyclic N) is 1. The quantitative estimate of drug-likeness (QED) is 0.726. The van der Waals surface area contributed by atoms with Crippen LogP contribution < -0.4 is 0 Å². The maximum absolute atomic E-state index is 14.4. The molecule has 3 aromatic rings. The summed E-state index contributed by atoms with van der Waals surface area (Å²) < 4.78 is 17.6. The highest BCUT2D eigenvalue weighted by Gasteiger charge is 2.27. The summed E-state index contributed by atoms with van der Waals surface area (Å²) in [5, 5.41) is 13.4. The number of hydrogen-bond acceptors (Lipinski definition) is 4. The highest BCUT2D eigenvalue weighted by Crippen LogP contribution is 2.23. The smallest absolute Gasteiger partial charge is 0.259 e. The molecule has 1 N–H and O–H groups in total. The molecule has 0 bridgehead atoms. The molecule has 0 spiro atoms. The first-order valence-electron chi connectivity index (χ1n) is 9.28. The molecule has 1 fully saturated rings. The molecule has 1 aliphatic rings. The van der Waals surface area contributed by atoms with Crippen LogP contribution in [0.3, 0.4) is 0 Å². The van der Waals surface area contributed by atoms with Gasteiger partial charge in [0.1, 0.15) is 17.1 Å². The molecule has 7 nitrogen and oxygen atoms in total. The van der Waals surface area contributed by atoms with Crippen LogP contribution in [0.1, 0.15) is 10.4 Å². The standard InChI is InChI=1S/C20H22FN5O2/c21-17-5-1-2-6-18(17)26-19(24-7-3-4-8-24)16(15-22-26)20(28)25-11-9-23(10-12-25)13-14-27/h1-8,15,27H,9-14H2. The van der Waals surface area contributed by atoms with Crippen molar-refractivity contribution in [1.82, 2.24) is 24.1 Å². The minimum atomic E-state index is -0.407. The first kappa shape index (κ1) is 18.4. The largest absolute Gasteiger partial charge is 0.395 e. The molecule has 0 unspecified atom stereocenters. The zero-order chi connectivity index (χ0) is 19.5. The fourth-order valence-electron chi connectivity index (χ4n) is 3.50. The number of nitrogens with zero attached hydrogens (tertiary/aromatic N) is 5. The van der Waals surface area contributed by atoms with E-state index in [0.29, 0.717) is 44.1 Å². The molecule has 0 radical (unpaired) electrons. The highest BCUT2D eigenvalue weighted by atomic mass is 19.1. The molecule has 1 amide bonds. The number of halogens is 1. The zero-order valence-electron chi connectivity index (χ0n) is 15.4. The van der Waals surface area contributed by atoms with Gasteiger partial charge >= 0.3 is 0 Å². The number of aromatic nitrogens is 3. The second-order valence-corrected chi connectivity index (χ2v) is 6.69. The predicted molar refractivity (Wildman–Crippen MR) is 102 cm³/mol. The maximum Gasteiger partial charge on any atom is 0.259 e. The molecule has 28 heavy (non-hydrogen) atoms. The van der Waals surface area contributed by atoms with Crippen LogP contribution in [0.5, 0.6) is 0 Å². The number of piperazine rings is 1. The maximum atomic E-state index is 14.4. The molecule has 3 heterocycles. The highest BCUT2D eigenvalue weighted by molar-refractivity contribution is 5.97. The van der Waals surface area contributed by atoms with Crippen LogP contribution in [-0.2, 0) is 0 Å². The summed E-state index contributed by atoms with van der Waals surface area (Å²) >= 11 is 0. The molecule has 0 saturated carbocycles. The van der Waals surface area contributed by atoms with E-state index in [1.165, 1.54) is 16.9 Å². The van der Waals surface area contributed by atoms with E-state index in [2.05, 4.69) is 10.00 Å². The van der Waals surface area contributed by atoms with Gasteiger partial charge in [-0.25, -0.2) is 9.07 Å². The topological polar surface area (TPSA) is 66.5 Å². The lowest BCUT2D eigenvalue weighted by Gasteiger charge is -2.34. The van der Waals surface area contributed by atoms with Crippen LogP contribution in [0.25, 0.3) is 11.5 Å². The van der Waals surface area contributed by atoms with Gasteiger partial charge < -0.3 is 14.6 Å². The third-order valence-electron chi connectivity index (χ3n) is 4.98. The number of amides is 1. The van der Waals surface area contributed by atoms with E-state index in [1.54, 1.807) is 27.7 Å². The van der Waals surface area contributed by atoms with Crippen LogP contribution in [0.2, 0.25) is 0 Å². The van der Waals surface area contributed by atoms with Gasteiger partial charge in [-0.2, -0.15) is 5.10 Å². The van der Waals surface area contributed by atoms with Crippen LogP contribution in [-0.4, -0.2) is 74.5 Å². The van der Waals surface area contributed by atoms with Crippen molar-refractivity contribution >= 4 is 5.91 Å². The van der Waals surface area contributed by atoms with Crippen molar-refractivity contribution < 1.29 is 14.3 Å². The van der Waals surface area contributed by atoms with Gasteiger partial charge in [0.2, 0.25) is 0 Å². The molecule has 1 saturated heterocycles. The van der Waals surface area contributed by atoms with Crippen molar-refractivity contribution in [1.29, 1.82) is 0 Å². The van der Waals surface area contributed by atoms with Crippen molar-refractivity contribution in [3.05, 3.63) is 66.4 Å². The van der Waals surface area contributed by atoms with E-state index < -0.39 is 5.82 Å². The Hall–Kier alpha value is -2.97. The van der Waals surface area contributed by atoms with Gasteiger partial charge in [0.15, 0.2) is 5.82 Å². The molecule has 146 valence electrons. The Kier molecular flexibility index (Phi) is 5.23. The Morgan fingerprint density at radius 3 is 2.46 bits per heavy atom. The summed E-state index contributed by atoms with van der Waals surface area (Å²) in [6.07, 6.45) is 5.12. The lowest BCUT2D eigenvalue weighted by Crippen LogP contribution is -2.49. The predicted octanol–water partition coefficient (Wildman–Crippen LogP) is 1.55. The van der Waals surface area contributed by atoms with Crippen LogP contribution in [0.4, 0.5) is 4.39 Å². The van der Waals surface area contributed by atoms with E-state index >= 15 is 0 Å². The van der Waals surface area contributed by atoms with Gasteiger partial charge in [-0.05, 0) is 24.3 Å². The average Bonchev–Trinajstić information content (AvgIpc) is 3.38. The lowest BCUT2D eigenvalue weighted by molar-refractivity contribution is 0.0615. The summed E-state index contributed by atoms with van der Waals surface area (Å²) in [7, 11) is 0. The minimum absolute atomic E-state index is 0.112. The number of para-hydroxylation sites is 1. The summed E-state index contributed by atoms with van der Waals surface area (Å²) in [5.41, 5.74) is 0.716. The molecule has 1 aromatic carbocycles. The Morgan fingerprint density at radius 1 is 1.07 bits per heavy atom. The third kappa shape index (κ3) is 3.44. The van der Waals surface area contributed by atoms with Gasteiger partial charge in [0.25, 0.3) is 5.91 Å². The van der Waals surface area contributed by atoms with E-state index in [9.17, 15) is 9.18 Å². The Bertz CT molecular complexity index is 945. The number of aliphatic hydroxyl groups excluding tert-OH is 1. The lowest BCUT2D eigenvalue weighted by atomic mass is 10.2.